The molecule has 0 spiro atoms. The zero-order chi connectivity index (χ0) is 11.8. The van der Waals surface area contributed by atoms with E-state index in [0.717, 1.165) is 24.0 Å². The van der Waals surface area contributed by atoms with Crippen molar-refractivity contribution < 1.29 is 0 Å². The van der Waals surface area contributed by atoms with E-state index in [0.29, 0.717) is 0 Å². The van der Waals surface area contributed by atoms with Gasteiger partial charge in [-0.15, -0.1) is 0 Å². The van der Waals surface area contributed by atoms with Gasteiger partial charge in [-0.3, -0.25) is 0 Å². The predicted octanol–water partition coefficient (Wildman–Crippen LogP) is 2.70. The van der Waals surface area contributed by atoms with Gasteiger partial charge in [-0.2, -0.15) is 5.10 Å². The minimum Gasteiger partial charge on any atom is -0.384 e. The molecule has 0 saturated heterocycles. The molecule has 0 unspecified atom stereocenters. The first-order valence-corrected chi connectivity index (χ1v) is 6.11. The van der Waals surface area contributed by atoms with Crippen LogP contribution in [0, 0.1) is 6.92 Å². The first kappa shape index (κ1) is 10.4. The molecule has 0 bridgehead atoms. The van der Waals surface area contributed by atoms with Gasteiger partial charge in [-0.05, 0) is 36.8 Å². The summed E-state index contributed by atoms with van der Waals surface area (Å²) in [7, 11) is 0. The number of benzene rings is 1. The van der Waals surface area contributed by atoms with Crippen molar-refractivity contribution >= 4 is 5.82 Å². The topological polar surface area (TPSA) is 43.8 Å². The van der Waals surface area contributed by atoms with Crippen molar-refractivity contribution in [2.75, 3.05) is 5.73 Å². The quantitative estimate of drug-likeness (QED) is 0.876. The van der Waals surface area contributed by atoms with E-state index in [1.165, 1.54) is 24.0 Å². The van der Waals surface area contributed by atoms with Gasteiger partial charge in [0.2, 0.25) is 0 Å². The molecule has 1 fully saturated rings. The molecule has 0 amide bonds. The van der Waals surface area contributed by atoms with Crippen LogP contribution in [0.25, 0.3) is 0 Å². The summed E-state index contributed by atoms with van der Waals surface area (Å²) in [4.78, 5) is 0. The maximum Gasteiger partial charge on any atom is 0.122 e. The maximum absolute atomic E-state index is 5.88. The summed E-state index contributed by atoms with van der Waals surface area (Å²) < 4.78 is 1.85. The van der Waals surface area contributed by atoms with Gasteiger partial charge >= 0.3 is 0 Å². The molecule has 1 heterocycles. The van der Waals surface area contributed by atoms with Crippen molar-refractivity contribution in [3.8, 4) is 0 Å². The molecular formula is C14H17N3. The molecule has 1 aromatic heterocycles. The fraction of sp³-hybridized carbons (Fsp3) is 0.357. The monoisotopic (exact) mass is 227 g/mol. The number of aryl methyl sites for hydroxylation is 1. The third-order valence-electron chi connectivity index (χ3n) is 3.29. The molecule has 2 N–H and O–H groups in total. The maximum atomic E-state index is 5.88. The Morgan fingerprint density at radius 1 is 1.29 bits per heavy atom. The van der Waals surface area contributed by atoms with Gasteiger partial charge in [0, 0.05) is 6.07 Å². The summed E-state index contributed by atoms with van der Waals surface area (Å²) in [6.45, 7) is 2.72. The van der Waals surface area contributed by atoms with E-state index in [1.807, 2.05) is 17.7 Å². The van der Waals surface area contributed by atoms with Gasteiger partial charge in [-0.1, -0.05) is 24.3 Å². The fourth-order valence-electron chi connectivity index (χ4n) is 2.18. The number of rotatable bonds is 3. The van der Waals surface area contributed by atoms with Crippen LogP contribution in [-0.2, 0) is 6.54 Å². The Bertz CT molecular complexity index is 521. The van der Waals surface area contributed by atoms with Crippen LogP contribution >= 0.6 is 0 Å². The zero-order valence-corrected chi connectivity index (χ0v) is 10.1. The van der Waals surface area contributed by atoms with Crippen LogP contribution in [0.15, 0.2) is 30.3 Å². The van der Waals surface area contributed by atoms with Gasteiger partial charge in [-0.25, -0.2) is 4.68 Å². The molecule has 3 heteroatoms. The van der Waals surface area contributed by atoms with Crippen LogP contribution in [-0.4, -0.2) is 9.78 Å². The third kappa shape index (κ3) is 2.18. The summed E-state index contributed by atoms with van der Waals surface area (Å²) >= 11 is 0. The Morgan fingerprint density at radius 2 is 2.00 bits per heavy atom. The second-order valence-electron chi connectivity index (χ2n) is 4.88. The molecule has 3 nitrogen and oxygen atoms in total. The highest BCUT2D eigenvalue weighted by atomic mass is 15.3. The summed E-state index contributed by atoms with van der Waals surface area (Å²) in [5.74, 6) is 1.55. The van der Waals surface area contributed by atoms with E-state index in [1.54, 1.807) is 0 Å². The lowest BCUT2D eigenvalue weighted by atomic mass is 10.1. The Kier molecular flexibility index (Phi) is 2.39. The smallest absolute Gasteiger partial charge is 0.122 e. The summed E-state index contributed by atoms with van der Waals surface area (Å²) in [6.07, 6.45) is 2.70. The number of nitrogen functional groups attached to an aromatic ring is 1. The minimum absolute atomic E-state index is 0.730. The predicted molar refractivity (Wildman–Crippen MR) is 68.9 cm³/mol. The highest BCUT2D eigenvalue weighted by Gasteiger charge is 2.22. The van der Waals surface area contributed by atoms with Crippen LogP contribution in [0.5, 0.6) is 0 Å². The number of hydrogen-bond acceptors (Lipinski definition) is 2. The highest BCUT2D eigenvalue weighted by molar-refractivity contribution is 5.33. The van der Waals surface area contributed by atoms with Crippen LogP contribution in [0.1, 0.15) is 35.6 Å². The minimum atomic E-state index is 0.730. The Morgan fingerprint density at radius 3 is 2.53 bits per heavy atom. The molecule has 3 rings (SSSR count). The second-order valence-corrected chi connectivity index (χ2v) is 4.88. The average Bonchev–Trinajstić information content (AvgIpc) is 3.08. The lowest BCUT2D eigenvalue weighted by Gasteiger charge is -2.05. The number of anilines is 1. The summed E-state index contributed by atoms with van der Waals surface area (Å²) in [5, 5.41) is 4.37. The summed E-state index contributed by atoms with van der Waals surface area (Å²) in [6, 6.07) is 10.7. The molecule has 0 aliphatic heterocycles. The van der Waals surface area contributed by atoms with Crippen molar-refractivity contribution in [1.82, 2.24) is 9.78 Å². The van der Waals surface area contributed by atoms with Gasteiger partial charge in [0.1, 0.15) is 5.82 Å². The third-order valence-corrected chi connectivity index (χ3v) is 3.29. The molecular weight excluding hydrogens is 210 g/mol. The van der Waals surface area contributed by atoms with Gasteiger partial charge < -0.3 is 5.73 Å². The molecule has 2 aromatic rings. The molecule has 1 saturated carbocycles. The molecule has 1 aliphatic carbocycles. The standard InChI is InChI=1S/C14H17N3/c1-10-8-14(15)17(16-10)9-11-2-4-12(5-3-11)13-6-7-13/h2-5,8,13H,6-7,9,15H2,1H3. The normalized spacial score (nSPS) is 15.1. The molecule has 0 atom stereocenters. The van der Waals surface area contributed by atoms with E-state index < -0.39 is 0 Å². The van der Waals surface area contributed by atoms with Crippen molar-refractivity contribution in [2.45, 2.75) is 32.2 Å². The van der Waals surface area contributed by atoms with E-state index in [2.05, 4.69) is 29.4 Å². The van der Waals surface area contributed by atoms with Crippen LogP contribution in [0.2, 0.25) is 0 Å². The van der Waals surface area contributed by atoms with Crippen molar-refractivity contribution in [2.24, 2.45) is 0 Å². The molecule has 1 aromatic carbocycles. The molecule has 88 valence electrons. The summed E-state index contributed by atoms with van der Waals surface area (Å²) in [5.41, 5.74) is 9.57. The largest absolute Gasteiger partial charge is 0.384 e. The van der Waals surface area contributed by atoms with Crippen molar-refractivity contribution in [1.29, 1.82) is 0 Å². The molecule has 17 heavy (non-hydrogen) atoms. The Hall–Kier alpha value is -1.77. The van der Waals surface area contributed by atoms with Gasteiger partial charge in [0.25, 0.3) is 0 Å². The van der Waals surface area contributed by atoms with Gasteiger partial charge in [0.15, 0.2) is 0 Å². The van der Waals surface area contributed by atoms with Crippen molar-refractivity contribution in [3.63, 3.8) is 0 Å². The number of aromatic nitrogens is 2. The molecule has 1 aliphatic rings. The average molecular weight is 227 g/mol. The first-order chi connectivity index (χ1) is 8.22. The van der Waals surface area contributed by atoms with Crippen molar-refractivity contribution in [3.05, 3.63) is 47.2 Å². The van der Waals surface area contributed by atoms with Gasteiger partial charge in [0.05, 0.1) is 12.2 Å². The second kappa shape index (κ2) is 3.91. The van der Waals surface area contributed by atoms with Crippen LogP contribution in [0.3, 0.4) is 0 Å². The number of nitrogens with zero attached hydrogens (tertiary/aromatic N) is 2. The van der Waals surface area contributed by atoms with E-state index in [4.69, 9.17) is 5.73 Å². The SMILES string of the molecule is Cc1cc(N)n(Cc2ccc(C3CC3)cc2)n1. The van der Waals surface area contributed by atoms with Crippen LogP contribution in [0.4, 0.5) is 5.82 Å². The number of hydrogen-bond donors (Lipinski definition) is 1. The lowest BCUT2D eigenvalue weighted by molar-refractivity contribution is 0.689. The first-order valence-electron chi connectivity index (χ1n) is 6.11. The van der Waals surface area contributed by atoms with Crippen LogP contribution < -0.4 is 5.73 Å². The number of nitrogens with two attached hydrogens (primary N) is 1. The zero-order valence-electron chi connectivity index (χ0n) is 10.1. The Balaban J connectivity index is 1.78. The van der Waals surface area contributed by atoms with E-state index in [-0.39, 0.29) is 0 Å². The molecule has 0 radical (unpaired) electrons. The Labute approximate surface area is 101 Å². The van der Waals surface area contributed by atoms with E-state index in [9.17, 15) is 0 Å². The fourth-order valence-corrected chi connectivity index (χ4v) is 2.18. The lowest BCUT2D eigenvalue weighted by Crippen LogP contribution is -2.05. The highest BCUT2D eigenvalue weighted by Crippen LogP contribution is 2.39. The van der Waals surface area contributed by atoms with E-state index >= 15 is 0 Å².